The molecule has 0 aliphatic heterocycles. The summed E-state index contributed by atoms with van der Waals surface area (Å²) in [7, 11) is 1.67. The van der Waals surface area contributed by atoms with E-state index in [1.807, 2.05) is 6.92 Å². The molecule has 1 aromatic rings. The number of aromatic nitrogens is 2. The molecule has 0 aliphatic carbocycles. The van der Waals surface area contributed by atoms with Crippen molar-refractivity contribution in [2.75, 3.05) is 19.5 Å². The Morgan fingerprint density at radius 2 is 2.13 bits per heavy atom. The average Bonchev–Trinajstić information content (AvgIpc) is 2.22. The van der Waals surface area contributed by atoms with Gasteiger partial charge in [-0.05, 0) is 29.0 Å². The third-order valence-corrected chi connectivity index (χ3v) is 3.33. The van der Waals surface area contributed by atoms with E-state index in [1.54, 1.807) is 7.11 Å². The van der Waals surface area contributed by atoms with Gasteiger partial charge >= 0.3 is 0 Å². The van der Waals surface area contributed by atoms with Crippen molar-refractivity contribution < 1.29 is 4.74 Å². The molecule has 4 nitrogen and oxygen atoms in total. The van der Waals surface area contributed by atoms with Crippen molar-refractivity contribution >= 4 is 28.4 Å². The quantitative estimate of drug-likeness (QED) is 0.862. The van der Waals surface area contributed by atoms with Gasteiger partial charge in [-0.3, -0.25) is 0 Å². The first kappa shape index (κ1) is 12.6. The number of rotatable bonds is 4. The molecule has 1 unspecified atom stereocenters. The summed E-state index contributed by atoms with van der Waals surface area (Å²) in [5.74, 6) is 1.52. The zero-order valence-electron chi connectivity index (χ0n) is 9.25. The Hall–Kier alpha value is -0.430. The molecule has 0 aromatic carbocycles. The lowest BCUT2D eigenvalue weighted by Crippen LogP contribution is -2.12. The van der Waals surface area contributed by atoms with Crippen LogP contribution >= 0.6 is 22.6 Å². The van der Waals surface area contributed by atoms with E-state index in [-0.39, 0.29) is 5.92 Å². The number of hydrogen-bond donors (Lipinski definition) is 1. The van der Waals surface area contributed by atoms with Gasteiger partial charge in [-0.15, -0.1) is 0 Å². The molecule has 1 atom stereocenters. The minimum atomic E-state index is 0.180. The molecular weight excluding hydrogens is 305 g/mol. The fraction of sp³-hybridized carbons (Fsp3) is 0.600. The van der Waals surface area contributed by atoms with Crippen molar-refractivity contribution in [3.05, 3.63) is 15.1 Å². The number of nitrogens with zero attached hydrogens (tertiary/aromatic N) is 2. The van der Waals surface area contributed by atoms with Crippen LogP contribution in [0.25, 0.3) is 0 Å². The normalized spacial score (nSPS) is 12.8. The summed E-state index contributed by atoms with van der Waals surface area (Å²) in [5.41, 5.74) is 6.85. The Morgan fingerprint density at radius 3 is 2.67 bits per heavy atom. The molecule has 5 heteroatoms. The largest absolute Gasteiger partial charge is 0.384 e. The Bertz CT molecular complexity index is 344. The maximum atomic E-state index is 5.83. The lowest BCUT2D eigenvalue weighted by atomic mass is 10.1. The SMILES string of the molecule is CCc1nc(C(C)COC)nc(N)c1I. The maximum Gasteiger partial charge on any atom is 0.140 e. The van der Waals surface area contributed by atoms with E-state index < -0.39 is 0 Å². The summed E-state index contributed by atoms with van der Waals surface area (Å²) in [6, 6.07) is 0. The Balaban J connectivity index is 3.05. The van der Waals surface area contributed by atoms with Crippen molar-refractivity contribution in [2.24, 2.45) is 0 Å². The lowest BCUT2D eigenvalue weighted by molar-refractivity contribution is 0.181. The van der Waals surface area contributed by atoms with E-state index in [0.717, 1.165) is 21.5 Å². The van der Waals surface area contributed by atoms with Crippen LogP contribution in [0, 0.1) is 3.57 Å². The molecule has 0 fully saturated rings. The number of anilines is 1. The third-order valence-electron chi connectivity index (χ3n) is 2.16. The Morgan fingerprint density at radius 1 is 1.47 bits per heavy atom. The van der Waals surface area contributed by atoms with E-state index in [4.69, 9.17) is 10.5 Å². The standard InChI is InChI=1S/C10H16IN3O/c1-4-7-8(11)9(12)14-10(13-7)6(2)5-15-3/h6H,4-5H2,1-3H3,(H2,12,13,14). The molecule has 1 aromatic heterocycles. The molecule has 0 saturated heterocycles. The number of nitrogen functional groups attached to an aromatic ring is 1. The van der Waals surface area contributed by atoms with Crippen molar-refractivity contribution in [2.45, 2.75) is 26.2 Å². The second-order valence-electron chi connectivity index (χ2n) is 3.44. The summed E-state index contributed by atoms with van der Waals surface area (Å²) in [4.78, 5) is 8.77. The van der Waals surface area contributed by atoms with Gasteiger partial charge in [0.2, 0.25) is 0 Å². The number of aryl methyl sites for hydroxylation is 1. The van der Waals surface area contributed by atoms with E-state index >= 15 is 0 Å². The fourth-order valence-corrected chi connectivity index (χ4v) is 1.93. The molecule has 1 rings (SSSR count). The van der Waals surface area contributed by atoms with E-state index in [0.29, 0.717) is 12.4 Å². The summed E-state index contributed by atoms with van der Waals surface area (Å²) in [5, 5.41) is 0. The summed E-state index contributed by atoms with van der Waals surface area (Å²) in [6.07, 6.45) is 0.873. The number of nitrogens with two attached hydrogens (primary N) is 1. The van der Waals surface area contributed by atoms with Crippen LogP contribution in [0.15, 0.2) is 0 Å². The maximum absolute atomic E-state index is 5.83. The number of hydrogen-bond acceptors (Lipinski definition) is 4. The predicted octanol–water partition coefficient (Wildman–Crippen LogP) is 1.98. The van der Waals surface area contributed by atoms with Gasteiger partial charge in [0.1, 0.15) is 11.6 Å². The zero-order chi connectivity index (χ0) is 11.4. The van der Waals surface area contributed by atoms with Gasteiger partial charge in [0.15, 0.2) is 0 Å². The van der Waals surface area contributed by atoms with Crippen molar-refractivity contribution in [3.63, 3.8) is 0 Å². The first-order valence-electron chi connectivity index (χ1n) is 4.90. The Kier molecular flexibility index (Phi) is 4.72. The van der Waals surface area contributed by atoms with E-state index in [9.17, 15) is 0 Å². The van der Waals surface area contributed by atoms with Gasteiger partial charge in [-0.2, -0.15) is 0 Å². The number of methoxy groups -OCH3 is 1. The second-order valence-corrected chi connectivity index (χ2v) is 4.52. The zero-order valence-corrected chi connectivity index (χ0v) is 11.4. The van der Waals surface area contributed by atoms with Gasteiger partial charge in [0, 0.05) is 13.0 Å². The van der Waals surface area contributed by atoms with E-state index in [2.05, 4.69) is 39.5 Å². The molecule has 84 valence electrons. The molecule has 0 bridgehead atoms. The summed E-state index contributed by atoms with van der Waals surface area (Å²) >= 11 is 2.19. The molecule has 0 radical (unpaired) electrons. The predicted molar refractivity (Wildman–Crippen MR) is 68.8 cm³/mol. The van der Waals surface area contributed by atoms with Gasteiger partial charge < -0.3 is 10.5 Å². The smallest absolute Gasteiger partial charge is 0.140 e. The Labute approximate surface area is 104 Å². The van der Waals surface area contributed by atoms with Crippen LogP contribution in [-0.4, -0.2) is 23.7 Å². The van der Waals surface area contributed by atoms with Crippen LogP contribution in [-0.2, 0) is 11.2 Å². The van der Waals surface area contributed by atoms with Crippen LogP contribution < -0.4 is 5.73 Å². The average molecular weight is 321 g/mol. The molecule has 0 spiro atoms. The topological polar surface area (TPSA) is 61.0 Å². The third kappa shape index (κ3) is 3.01. The van der Waals surface area contributed by atoms with Gasteiger partial charge in [0.25, 0.3) is 0 Å². The van der Waals surface area contributed by atoms with Gasteiger partial charge in [0.05, 0.1) is 15.9 Å². The highest BCUT2D eigenvalue weighted by molar-refractivity contribution is 14.1. The molecular formula is C10H16IN3O. The number of halogens is 1. The molecule has 15 heavy (non-hydrogen) atoms. The van der Waals surface area contributed by atoms with E-state index in [1.165, 1.54) is 0 Å². The van der Waals surface area contributed by atoms with Crippen molar-refractivity contribution in [1.82, 2.24) is 9.97 Å². The highest BCUT2D eigenvalue weighted by Gasteiger charge is 2.13. The van der Waals surface area contributed by atoms with Crippen molar-refractivity contribution in [1.29, 1.82) is 0 Å². The lowest BCUT2D eigenvalue weighted by Gasteiger charge is -2.12. The van der Waals surface area contributed by atoms with Gasteiger partial charge in [-0.25, -0.2) is 9.97 Å². The molecule has 0 amide bonds. The van der Waals surface area contributed by atoms with Gasteiger partial charge in [-0.1, -0.05) is 13.8 Å². The summed E-state index contributed by atoms with van der Waals surface area (Å²) in [6.45, 7) is 4.71. The second kappa shape index (κ2) is 5.60. The van der Waals surface area contributed by atoms with Crippen LogP contribution in [0.1, 0.15) is 31.3 Å². The number of ether oxygens (including phenoxy) is 1. The fourth-order valence-electron chi connectivity index (χ4n) is 1.31. The van der Waals surface area contributed by atoms with Crippen LogP contribution in [0.4, 0.5) is 5.82 Å². The van der Waals surface area contributed by atoms with Crippen LogP contribution in [0.3, 0.4) is 0 Å². The minimum absolute atomic E-state index is 0.180. The van der Waals surface area contributed by atoms with Crippen molar-refractivity contribution in [3.8, 4) is 0 Å². The monoisotopic (exact) mass is 321 g/mol. The minimum Gasteiger partial charge on any atom is -0.384 e. The first-order chi connectivity index (χ1) is 7.10. The first-order valence-corrected chi connectivity index (χ1v) is 5.98. The van der Waals surface area contributed by atoms with Crippen LogP contribution in [0.5, 0.6) is 0 Å². The summed E-state index contributed by atoms with van der Waals surface area (Å²) < 4.78 is 6.04. The van der Waals surface area contributed by atoms with Crippen LogP contribution in [0.2, 0.25) is 0 Å². The highest BCUT2D eigenvalue weighted by atomic mass is 127. The highest BCUT2D eigenvalue weighted by Crippen LogP contribution is 2.20. The molecule has 2 N–H and O–H groups in total. The molecule has 0 saturated carbocycles. The molecule has 0 aliphatic rings. The molecule has 1 heterocycles.